The van der Waals surface area contributed by atoms with E-state index in [0.717, 1.165) is 40.2 Å². The number of halogens is 3. The molecule has 2 aromatic carbocycles. The lowest BCUT2D eigenvalue weighted by molar-refractivity contribution is -0.137. The van der Waals surface area contributed by atoms with Crippen molar-refractivity contribution in [1.29, 1.82) is 0 Å². The van der Waals surface area contributed by atoms with Crippen molar-refractivity contribution < 1.29 is 17.9 Å². The zero-order valence-corrected chi connectivity index (χ0v) is 17.0. The molecule has 3 aromatic rings. The van der Waals surface area contributed by atoms with Crippen LogP contribution in [0.1, 0.15) is 44.3 Å². The van der Waals surface area contributed by atoms with Gasteiger partial charge < -0.3 is 4.74 Å². The molecule has 6 heteroatoms. The fourth-order valence-electron chi connectivity index (χ4n) is 3.73. The molecule has 0 N–H and O–H groups in total. The molecule has 1 aliphatic carbocycles. The van der Waals surface area contributed by atoms with E-state index in [4.69, 9.17) is 4.74 Å². The van der Waals surface area contributed by atoms with Gasteiger partial charge in [0.15, 0.2) is 0 Å². The summed E-state index contributed by atoms with van der Waals surface area (Å²) in [7, 11) is 0. The molecule has 0 fully saturated rings. The standard InChI is InChI=1S/C23H22F3NOS/c1-15-21(10-11-28-20-9-8-17-5-3-6-18(17)14-20)27-22(29-15)13-16-4-2-7-19(12-16)23(24,25)26/h2,4,7-9,12,14H,3,5-6,10-11,13H2,1H3. The van der Waals surface area contributed by atoms with E-state index >= 15 is 0 Å². The first-order chi connectivity index (χ1) is 13.9. The van der Waals surface area contributed by atoms with Gasteiger partial charge in [0.25, 0.3) is 0 Å². The summed E-state index contributed by atoms with van der Waals surface area (Å²) in [6, 6.07) is 11.8. The number of hydrogen-bond acceptors (Lipinski definition) is 3. The Labute approximate surface area is 172 Å². The van der Waals surface area contributed by atoms with E-state index in [-0.39, 0.29) is 0 Å². The minimum Gasteiger partial charge on any atom is -0.493 e. The molecule has 1 aliphatic rings. The van der Waals surface area contributed by atoms with Gasteiger partial charge in [-0.1, -0.05) is 24.3 Å². The second kappa shape index (κ2) is 8.19. The van der Waals surface area contributed by atoms with Crippen LogP contribution in [-0.2, 0) is 31.9 Å². The van der Waals surface area contributed by atoms with Crippen LogP contribution in [0.3, 0.4) is 0 Å². The normalized spacial score (nSPS) is 13.5. The van der Waals surface area contributed by atoms with Crippen molar-refractivity contribution in [2.75, 3.05) is 6.61 Å². The summed E-state index contributed by atoms with van der Waals surface area (Å²) < 4.78 is 44.6. The SMILES string of the molecule is Cc1sc(Cc2cccc(C(F)(F)F)c2)nc1CCOc1ccc2c(c1)CCC2. The lowest BCUT2D eigenvalue weighted by Gasteiger charge is -2.08. The molecule has 0 amide bonds. The number of thiazole rings is 1. The highest BCUT2D eigenvalue weighted by molar-refractivity contribution is 7.11. The Morgan fingerprint density at radius 2 is 1.90 bits per heavy atom. The molecule has 2 nitrogen and oxygen atoms in total. The fraction of sp³-hybridized carbons (Fsp3) is 0.348. The van der Waals surface area contributed by atoms with Gasteiger partial charge in [0.2, 0.25) is 0 Å². The second-order valence-corrected chi connectivity index (χ2v) is 8.66. The van der Waals surface area contributed by atoms with Gasteiger partial charge in [-0.2, -0.15) is 13.2 Å². The van der Waals surface area contributed by atoms with Gasteiger partial charge >= 0.3 is 6.18 Å². The summed E-state index contributed by atoms with van der Waals surface area (Å²) in [6.45, 7) is 2.53. The van der Waals surface area contributed by atoms with Gasteiger partial charge in [-0.3, -0.25) is 0 Å². The number of benzene rings is 2. The van der Waals surface area contributed by atoms with E-state index in [1.165, 1.54) is 41.0 Å². The molecule has 1 aromatic heterocycles. The van der Waals surface area contributed by atoms with Crippen molar-refractivity contribution in [1.82, 2.24) is 4.98 Å². The molecule has 0 aliphatic heterocycles. The van der Waals surface area contributed by atoms with E-state index < -0.39 is 11.7 Å². The van der Waals surface area contributed by atoms with Gasteiger partial charge in [-0.15, -0.1) is 11.3 Å². The van der Waals surface area contributed by atoms with E-state index in [9.17, 15) is 13.2 Å². The molecular weight excluding hydrogens is 395 g/mol. The van der Waals surface area contributed by atoms with E-state index in [2.05, 4.69) is 17.1 Å². The molecule has 0 radical (unpaired) electrons. The summed E-state index contributed by atoms with van der Waals surface area (Å²) in [4.78, 5) is 5.73. The average Bonchev–Trinajstić information content (AvgIpc) is 3.27. The first-order valence-corrected chi connectivity index (χ1v) is 10.6. The third-order valence-corrected chi connectivity index (χ3v) is 6.24. The first kappa shape index (κ1) is 20.0. The van der Waals surface area contributed by atoms with Crippen LogP contribution in [-0.4, -0.2) is 11.6 Å². The van der Waals surface area contributed by atoms with Crippen LogP contribution >= 0.6 is 11.3 Å². The van der Waals surface area contributed by atoms with E-state index in [1.807, 2.05) is 13.0 Å². The van der Waals surface area contributed by atoms with Gasteiger partial charge in [-0.05, 0) is 61.1 Å². The highest BCUT2D eigenvalue weighted by Crippen LogP contribution is 2.31. The first-order valence-electron chi connectivity index (χ1n) is 9.74. The number of hydrogen-bond donors (Lipinski definition) is 0. The Morgan fingerprint density at radius 3 is 2.72 bits per heavy atom. The Kier molecular flexibility index (Phi) is 5.63. The number of rotatable bonds is 6. The molecule has 0 unspecified atom stereocenters. The Morgan fingerprint density at radius 1 is 1.07 bits per heavy atom. The largest absolute Gasteiger partial charge is 0.493 e. The highest BCUT2D eigenvalue weighted by atomic mass is 32.1. The number of ether oxygens (including phenoxy) is 1. The number of aryl methyl sites for hydroxylation is 3. The van der Waals surface area contributed by atoms with E-state index in [1.54, 1.807) is 6.07 Å². The Hall–Kier alpha value is -2.34. The summed E-state index contributed by atoms with van der Waals surface area (Å²) >= 11 is 1.54. The number of fused-ring (bicyclic) bond motifs is 1. The molecule has 152 valence electrons. The number of nitrogens with zero attached hydrogens (tertiary/aromatic N) is 1. The molecule has 4 rings (SSSR count). The maximum Gasteiger partial charge on any atom is 0.416 e. The van der Waals surface area contributed by atoms with Crippen molar-refractivity contribution in [3.8, 4) is 5.75 Å². The summed E-state index contributed by atoms with van der Waals surface area (Å²) in [6.07, 6.45) is 0.252. The van der Waals surface area contributed by atoms with Crippen LogP contribution in [0.5, 0.6) is 5.75 Å². The van der Waals surface area contributed by atoms with Crippen LogP contribution in [0, 0.1) is 6.92 Å². The number of alkyl halides is 3. The van der Waals surface area contributed by atoms with Gasteiger partial charge in [0, 0.05) is 17.7 Å². The lowest BCUT2D eigenvalue weighted by atomic mass is 10.1. The fourth-order valence-corrected chi connectivity index (χ4v) is 4.74. The van der Waals surface area contributed by atoms with E-state index in [0.29, 0.717) is 25.0 Å². The Bertz CT molecular complexity index is 1010. The van der Waals surface area contributed by atoms with Gasteiger partial charge in [0.1, 0.15) is 5.75 Å². The van der Waals surface area contributed by atoms with Crippen molar-refractivity contribution in [3.63, 3.8) is 0 Å². The maximum absolute atomic E-state index is 12.9. The molecule has 0 saturated heterocycles. The van der Waals surface area contributed by atoms with Crippen molar-refractivity contribution in [3.05, 3.63) is 80.3 Å². The predicted octanol–water partition coefficient (Wildman–Crippen LogP) is 6.17. The quantitative estimate of drug-likeness (QED) is 0.478. The third-order valence-electron chi connectivity index (χ3n) is 5.22. The summed E-state index contributed by atoms with van der Waals surface area (Å²) in [5.41, 5.74) is 3.77. The van der Waals surface area contributed by atoms with Crippen LogP contribution < -0.4 is 4.74 Å². The minimum atomic E-state index is -4.32. The second-order valence-electron chi connectivity index (χ2n) is 7.37. The smallest absolute Gasteiger partial charge is 0.416 e. The van der Waals surface area contributed by atoms with Crippen LogP contribution in [0.15, 0.2) is 42.5 Å². The zero-order chi connectivity index (χ0) is 20.4. The van der Waals surface area contributed by atoms with Crippen molar-refractivity contribution >= 4 is 11.3 Å². The minimum absolute atomic E-state index is 0.404. The third kappa shape index (κ3) is 4.81. The molecule has 0 saturated carbocycles. The average molecular weight is 417 g/mol. The zero-order valence-electron chi connectivity index (χ0n) is 16.2. The molecule has 29 heavy (non-hydrogen) atoms. The van der Waals surface area contributed by atoms with Crippen molar-refractivity contribution in [2.45, 2.75) is 45.2 Å². The maximum atomic E-state index is 12.9. The molecule has 0 bridgehead atoms. The molecule has 1 heterocycles. The monoisotopic (exact) mass is 417 g/mol. The topological polar surface area (TPSA) is 22.1 Å². The number of aromatic nitrogens is 1. The highest BCUT2D eigenvalue weighted by Gasteiger charge is 2.30. The van der Waals surface area contributed by atoms with Crippen LogP contribution in [0.2, 0.25) is 0 Å². The predicted molar refractivity (Wildman–Crippen MR) is 109 cm³/mol. The molecule has 0 atom stereocenters. The molecule has 0 spiro atoms. The molecular formula is C23H22F3NOS. The summed E-state index contributed by atoms with van der Waals surface area (Å²) in [5.74, 6) is 0.891. The van der Waals surface area contributed by atoms with Gasteiger partial charge in [-0.25, -0.2) is 4.98 Å². The Balaban J connectivity index is 1.37. The lowest BCUT2D eigenvalue weighted by Crippen LogP contribution is -2.05. The van der Waals surface area contributed by atoms with Crippen LogP contribution in [0.4, 0.5) is 13.2 Å². The van der Waals surface area contributed by atoms with Gasteiger partial charge in [0.05, 0.1) is 22.9 Å². The van der Waals surface area contributed by atoms with Crippen molar-refractivity contribution in [2.24, 2.45) is 0 Å². The summed E-state index contributed by atoms with van der Waals surface area (Å²) in [5, 5.41) is 0.828. The van der Waals surface area contributed by atoms with Crippen LogP contribution in [0.25, 0.3) is 0 Å².